The summed E-state index contributed by atoms with van der Waals surface area (Å²) in [5.41, 5.74) is 0.770. The van der Waals surface area contributed by atoms with Crippen LogP contribution < -0.4 is 0 Å². The lowest BCUT2D eigenvalue weighted by molar-refractivity contribution is 0.152. The highest BCUT2D eigenvalue weighted by atomic mass is 79.9. The van der Waals surface area contributed by atoms with Gasteiger partial charge in [-0.15, -0.1) is 0 Å². The lowest BCUT2D eigenvalue weighted by Crippen LogP contribution is -1.90. The van der Waals surface area contributed by atoms with Gasteiger partial charge in [-0.1, -0.05) is 16.8 Å². The highest BCUT2D eigenvalue weighted by Gasteiger charge is 2.13. The molecule has 2 aromatic rings. The average Bonchev–Trinajstić information content (AvgIpc) is 2.71. The summed E-state index contributed by atoms with van der Waals surface area (Å²) in [5.74, 6) is 0.620. The zero-order valence-electron chi connectivity index (χ0n) is 8.32. The quantitative estimate of drug-likeness (QED) is 0.925. The predicted molar refractivity (Wildman–Crippen MR) is 63.1 cm³/mol. The first-order valence-electron chi connectivity index (χ1n) is 4.55. The van der Waals surface area contributed by atoms with Crippen molar-refractivity contribution in [1.82, 2.24) is 10.1 Å². The molecule has 0 fully saturated rings. The van der Waals surface area contributed by atoms with Crippen LogP contribution in [-0.4, -0.2) is 15.2 Å². The number of hydrogen-bond acceptors (Lipinski definition) is 4. The van der Waals surface area contributed by atoms with Crippen molar-refractivity contribution < 1.29 is 9.63 Å². The number of aliphatic hydroxyl groups excluding tert-OH is 1. The minimum absolute atomic E-state index is 0.195. The van der Waals surface area contributed by atoms with Crippen LogP contribution in [0.3, 0.4) is 0 Å². The van der Waals surface area contributed by atoms with Crippen molar-refractivity contribution in [2.24, 2.45) is 0 Å². The minimum atomic E-state index is -0.767. The first-order valence-corrected chi connectivity index (χ1v) is 5.72. The van der Waals surface area contributed by atoms with Crippen molar-refractivity contribution in [3.05, 3.63) is 33.6 Å². The second-order valence-electron chi connectivity index (χ2n) is 3.26. The maximum absolute atomic E-state index is 9.26. The van der Waals surface area contributed by atoms with E-state index in [0.29, 0.717) is 10.8 Å². The predicted octanol–water partition coefficient (Wildman–Crippen LogP) is 3.21. The fourth-order valence-electron chi connectivity index (χ4n) is 1.16. The Hall–Kier alpha value is -0.910. The number of aliphatic hydroxyl groups is 1. The second-order valence-corrected chi connectivity index (χ2v) is 4.52. The van der Waals surface area contributed by atoms with E-state index in [0.717, 1.165) is 10.0 Å². The molecule has 4 nitrogen and oxygen atoms in total. The van der Waals surface area contributed by atoms with Crippen LogP contribution in [0.5, 0.6) is 0 Å². The molecule has 0 bridgehead atoms. The Morgan fingerprint density at radius 1 is 1.50 bits per heavy atom. The van der Waals surface area contributed by atoms with Gasteiger partial charge in [-0.3, -0.25) is 0 Å². The molecule has 1 atom stereocenters. The lowest BCUT2D eigenvalue weighted by Gasteiger charge is -1.97. The Labute approximate surface area is 105 Å². The van der Waals surface area contributed by atoms with Crippen LogP contribution in [0.4, 0.5) is 0 Å². The minimum Gasteiger partial charge on any atom is -0.384 e. The van der Waals surface area contributed by atoms with Gasteiger partial charge in [0, 0.05) is 10.0 Å². The van der Waals surface area contributed by atoms with Gasteiger partial charge in [0.15, 0.2) is 0 Å². The van der Waals surface area contributed by atoms with Gasteiger partial charge < -0.3 is 9.63 Å². The Morgan fingerprint density at radius 3 is 2.81 bits per heavy atom. The fourth-order valence-corrected chi connectivity index (χ4v) is 1.65. The molecule has 16 heavy (non-hydrogen) atoms. The Kier molecular flexibility index (Phi) is 3.28. The van der Waals surface area contributed by atoms with Gasteiger partial charge >= 0.3 is 0 Å². The number of hydrogen-bond donors (Lipinski definition) is 1. The Morgan fingerprint density at radius 2 is 2.25 bits per heavy atom. The summed E-state index contributed by atoms with van der Waals surface area (Å²) in [5, 5.41) is 13.6. The summed E-state index contributed by atoms with van der Waals surface area (Å²) in [7, 11) is 0. The molecule has 1 heterocycles. The molecule has 0 radical (unpaired) electrons. The van der Waals surface area contributed by atoms with E-state index in [4.69, 9.17) is 16.1 Å². The van der Waals surface area contributed by atoms with Gasteiger partial charge in [-0.25, -0.2) is 0 Å². The molecule has 6 heteroatoms. The summed E-state index contributed by atoms with van der Waals surface area (Å²) in [6.07, 6.45) is -0.767. The molecule has 0 aliphatic heterocycles. The molecular weight excluding hydrogens is 295 g/mol. The molecule has 0 saturated heterocycles. The maximum Gasteiger partial charge on any atom is 0.255 e. The molecule has 0 unspecified atom stereocenters. The van der Waals surface area contributed by atoms with Gasteiger partial charge in [0.05, 0.1) is 5.02 Å². The van der Waals surface area contributed by atoms with Crippen molar-refractivity contribution >= 4 is 27.5 Å². The van der Waals surface area contributed by atoms with Crippen LogP contribution in [0.15, 0.2) is 27.2 Å². The summed E-state index contributed by atoms with van der Waals surface area (Å²) >= 11 is 9.18. The van der Waals surface area contributed by atoms with E-state index in [-0.39, 0.29) is 5.89 Å². The van der Waals surface area contributed by atoms with Crippen LogP contribution in [0.2, 0.25) is 5.02 Å². The molecule has 84 valence electrons. The van der Waals surface area contributed by atoms with Crippen molar-refractivity contribution in [3.63, 3.8) is 0 Å². The van der Waals surface area contributed by atoms with Crippen LogP contribution >= 0.6 is 27.5 Å². The van der Waals surface area contributed by atoms with Gasteiger partial charge in [0.2, 0.25) is 5.82 Å². The summed E-state index contributed by atoms with van der Waals surface area (Å²) < 4.78 is 5.65. The maximum atomic E-state index is 9.26. The van der Waals surface area contributed by atoms with E-state index in [1.54, 1.807) is 25.1 Å². The largest absolute Gasteiger partial charge is 0.384 e. The average molecular weight is 304 g/mol. The third kappa shape index (κ3) is 2.26. The topological polar surface area (TPSA) is 59.2 Å². The van der Waals surface area contributed by atoms with Gasteiger partial charge in [-0.05, 0) is 41.1 Å². The van der Waals surface area contributed by atoms with E-state index >= 15 is 0 Å². The number of halogens is 2. The van der Waals surface area contributed by atoms with E-state index in [1.165, 1.54) is 0 Å². The summed E-state index contributed by atoms with van der Waals surface area (Å²) in [6, 6.07) is 5.31. The zero-order valence-corrected chi connectivity index (χ0v) is 10.7. The molecule has 0 amide bonds. The normalized spacial score (nSPS) is 12.8. The summed E-state index contributed by atoms with van der Waals surface area (Å²) in [4.78, 5) is 4.06. The molecule has 0 aliphatic carbocycles. The molecule has 1 N–H and O–H groups in total. The van der Waals surface area contributed by atoms with Crippen molar-refractivity contribution in [2.75, 3.05) is 0 Å². The molecule has 2 rings (SSSR count). The lowest BCUT2D eigenvalue weighted by atomic mass is 10.2. The molecule has 1 aromatic heterocycles. The molecular formula is C10H8BrClN2O2. The fraction of sp³-hybridized carbons (Fsp3) is 0.200. The number of rotatable bonds is 2. The van der Waals surface area contributed by atoms with Gasteiger partial charge in [0.25, 0.3) is 5.89 Å². The van der Waals surface area contributed by atoms with Gasteiger partial charge in [-0.2, -0.15) is 4.98 Å². The standard InChI is InChI=1S/C10H8BrClN2O2/c1-5(15)10-13-9(14-16-10)6-2-3-8(12)7(11)4-6/h2-5,15H,1H3/t5-/m0/s1. The van der Waals surface area contributed by atoms with E-state index in [9.17, 15) is 5.11 Å². The first-order chi connectivity index (χ1) is 7.58. The summed E-state index contributed by atoms with van der Waals surface area (Å²) in [6.45, 7) is 1.56. The van der Waals surface area contributed by atoms with Crippen molar-refractivity contribution in [3.8, 4) is 11.4 Å². The van der Waals surface area contributed by atoms with Crippen LogP contribution in [0.25, 0.3) is 11.4 Å². The number of aromatic nitrogens is 2. The number of benzene rings is 1. The second kappa shape index (κ2) is 4.53. The smallest absolute Gasteiger partial charge is 0.255 e. The third-order valence-electron chi connectivity index (χ3n) is 1.98. The third-order valence-corrected chi connectivity index (χ3v) is 3.19. The SMILES string of the molecule is C[C@H](O)c1nc(-c2ccc(Cl)c(Br)c2)no1. The van der Waals surface area contributed by atoms with Crippen LogP contribution in [0.1, 0.15) is 18.9 Å². The van der Waals surface area contributed by atoms with Crippen molar-refractivity contribution in [2.45, 2.75) is 13.0 Å². The monoisotopic (exact) mass is 302 g/mol. The van der Waals surface area contributed by atoms with Gasteiger partial charge in [0.1, 0.15) is 6.10 Å². The molecule has 0 aliphatic rings. The van der Waals surface area contributed by atoms with E-state index in [2.05, 4.69) is 26.1 Å². The van der Waals surface area contributed by atoms with Crippen LogP contribution in [0, 0.1) is 0 Å². The van der Waals surface area contributed by atoms with E-state index < -0.39 is 6.10 Å². The highest BCUT2D eigenvalue weighted by Crippen LogP contribution is 2.27. The number of nitrogens with zero attached hydrogens (tertiary/aromatic N) is 2. The van der Waals surface area contributed by atoms with Crippen LogP contribution in [-0.2, 0) is 0 Å². The zero-order chi connectivity index (χ0) is 11.7. The molecule has 0 spiro atoms. The Bertz CT molecular complexity index is 513. The highest BCUT2D eigenvalue weighted by molar-refractivity contribution is 9.10. The van der Waals surface area contributed by atoms with Crippen molar-refractivity contribution in [1.29, 1.82) is 0 Å². The first kappa shape index (κ1) is 11.6. The molecule has 1 aromatic carbocycles. The molecule has 0 saturated carbocycles. The Balaban J connectivity index is 2.39. The van der Waals surface area contributed by atoms with E-state index in [1.807, 2.05) is 0 Å².